The van der Waals surface area contributed by atoms with Crippen LogP contribution >= 0.6 is 0 Å². The molecular weight excluding hydrogens is 230 g/mol. The SMILES string of the molecule is COCCCCn1cnc2ccc(N)cc2c1=O. The van der Waals surface area contributed by atoms with Crippen LogP contribution in [0, 0.1) is 0 Å². The van der Waals surface area contributed by atoms with Crippen LogP contribution in [0.25, 0.3) is 10.9 Å². The maximum absolute atomic E-state index is 12.2. The van der Waals surface area contributed by atoms with Crippen molar-refractivity contribution < 1.29 is 4.74 Å². The Morgan fingerprint density at radius 3 is 3.00 bits per heavy atom. The summed E-state index contributed by atoms with van der Waals surface area (Å²) in [6.45, 7) is 1.36. The third kappa shape index (κ3) is 2.68. The highest BCUT2D eigenvalue weighted by molar-refractivity contribution is 5.80. The fraction of sp³-hybridized carbons (Fsp3) is 0.385. The van der Waals surface area contributed by atoms with E-state index < -0.39 is 0 Å². The zero-order valence-corrected chi connectivity index (χ0v) is 10.4. The largest absolute Gasteiger partial charge is 0.399 e. The molecule has 0 saturated carbocycles. The first-order valence-corrected chi connectivity index (χ1v) is 5.96. The van der Waals surface area contributed by atoms with Gasteiger partial charge in [0, 0.05) is 25.9 Å². The standard InChI is InChI=1S/C13H17N3O2/c1-18-7-3-2-6-16-9-15-12-5-4-10(14)8-11(12)13(16)17/h4-5,8-9H,2-3,6-7,14H2,1H3. The lowest BCUT2D eigenvalue weighted by Crippen LogP contribution is -2.21. The Kier molecular flexibility index (Phi) is 3.94. The van der Waals surface area contributed by atoms with Crippen LogP contribution in [0.3, 0.4) is 0 Å². The molecular formula is C13H17N3O2. The van der Waals surface area contributed by atoms with Gasteiger partial charge in [0.1, 0.15) is 0 Å². The molecule has 0 unspecified atom stereocenters. The first-order chi connectivity index (χ1) is 8.72. The molecule has 1 aromatic carbocycles. The molecule has 96 valence electrons. The second-order valence-corrected chi connectivity index (χ2v) is 4.22. The molecule has 0 aliphatic rings. The van der Waals surface area contributed by atoms with Gasteiger partial charge in [-0.1, -0.05) is 0 Å². The molecule has 0 fully saturated rings. The lowest BCUT2D eigenvalue weighted by atomic mass is 10.2. The van der Waals surface area contributed by atoms with Gasteiger partial charge in [-0.15, -0.1) is 0 Å². The summed E-state index contributed by atoms with van der Waals surface area (Å²) in [6.07, 6.45) is 3.41. The molecule has 18 heavy (non-hydrogen) atoms. The number of anilines is 1. The van der Waals surface area contributed by atoms with E-state index in [0.717, 1.165) is 12.8 Å². The van der Waals surface area contributed by atoms with Crippen molar-refractivity contribution in [3.8, 4) is 0 Å². The number of aromatic nitrogens is 2. The van der Waals surface area contributed by atoms with E-state index in [1.807, 2.05) is 0 Å². The zero-order chi connectivity index (χ0) is 13.0. The molecule has 5 heteroatoms. The second-order valence-electron chi connectivity index (χ2n) is 4.22. The lowest BCUT2D eigenvalue weighted by molar-refractivity contribution is 0.191. The molecule has 0 saturated heterocycles. The lowest BCUT2D eigenvalue weighted by Gasteiger charge is -2.06. The highest BCUT2D eigenvalue weighted by Gasteiger charge is 2.04. The molecule has 2 rings (SSSR count). The molecule has 0 aliphatic carbocycles. The van der Waals surface area contributed by atoms with E-state index in [1.165, 1.54) is 0 Å². The Morgan fingerprint density at radius 2 is 2.22 bits per heavy atom. The molecule has 1 heterocycles. The molecule has 5 nitrogen and oxygen atoms in total. The van der Waals surface area contributed by atoms with E-state index >= 15 is 0 Å². The Balaban J connectivity index is 2.24. The number of methoxy groups -OCH3 is 1. The van der Waals surface area contributed by atoms with Crippen molar-refractivity contribution in [2.45, 2.75) is 19.4 Å². The molecule has 0 radical (unpaired) electrons. The molecule has 0 aliphatic heterocycles. The van der Waals surface area contributed by atoms with E-state index in [4.69, 9.17) is 10.5 Å². The van der Waals surface area contributed by atoms with Crippen LogP contribution in [-0.4, -0.2) is 23.3 Å². The van der Waals surface area contributed by atoms with Gasteiger partial charge in [0.15, 0.2) is 0 Å². The zero-order valence-electron chi connectivity index (χ0n) is 10.4. The predicted octanol–water partition coefficient (Wildman–Crippen LogP) is 1.41. The highest BCUT2D eigenvalue weighted by atomic mass is 16.5. The molecule has 0 atom stereocenters. The Morgan fingerprint density at radius 1 is 1.39 bits per heavy atom. The number of aryl methyl sites for hydroxylation is 1. The maximum atomic E-state index is 12.2. The summed E-state index contributed by atoms with van der Waals surface area (Å²) in [4.78, 5) is 16.4. The minimum absolute atomic E-state index is 0.0373. The summed E-state index contributed by atoms with van der Waals surface area (Å²) in [5.74, 6) is 0. The normalized spacial score (nSPS) is 10.9. The van der Waals surface area contributed by atoms with Crippen LogP contribution in [-0.2, 0) is 11.3 Å². The number of nitrogens with zero attached hydrogens (tertiary/aromatic N) is 2. The van der Waals surface area contributed by atoms with Crippen molar-refractivity contribution in [1.82, 2.24) is 9.55 Å². The molecule has 2 N–H and O–H groups in total. The first kappa shape index (κ1) is 12.6. The third-order valence-electron chi connectivity index (χ3n) is 2.85. The molecule has 0 bridgehead atoms. The maximum Gasteiger partial charge on any atom is 0.261 e. The first-order valence-electron chi connectivity index (χ1n) is 5.96. The number of benzene rings is 1. The van der Waals surface area contributed by atoms with Crippen molar-refractivity contribution in [2.75, 3.05) is 19.5 Å². The van der Waals surface area contributed by atoms with Gasteiger partial charge in [0.25, 0.3) is 5.56 Å². The number of nitrogen functional groups attached to an aromatic ring is 1. The average molecular weight is 247 g/mol. The van der Waals surface area contributed by atoms with Crippen LogP contribution in [0.2, 0.25) is 0 Å². The number of hydrogen-bond donors (Lipinski definition) is 1. The molecule has 1 aromatic heterocycles. The van der Waals surface area contributed by atoms with Crippen LogP contribution < -0.4 is 11.3 Å². The van der Waals surface area contributed by atoms with Crippen LogP contribution in [0.4, 0.5) is 5.69 Å². The Labute approximate surface area is 105 Å². The topological polar surface area (TPSA) is 70.1 Å². The number of ether oxygens (including phenoxy) is 1. The number of unbranched alkanes of at least 4 members (excludes halogenated alkanes) is 1. The van der Waals surface area contributed by atoms with Gasteiger partial charge in [-0.25, -0.2) is 4.98 Å². The van der Waals surface area contributed by atoms with Crippen molar-refractivity contribution in [2.24, 2.45) is 0 Å². The second kappa shape index (κ2) is 5.64. The van der Waals surface area contributed by atoms with Gasteiger partial charge in [-0.05, 0) is 31.0 Å². The van der Waals surface area contributed by atoms with Crippen molar-refractivity contribution >= 4 is 16.6 Å². The number of rotatable bonds is 5. The molecule has 0 spiro atoms. The van der Waals surface area contributed by atoms with Crippen molar-refractivity contribution in [3.05, 3.63) is 34.9 Å². The highest BCUT2D eigenvalue weighted by Crippen LogP contribution is 2.11. The van der Waals surface area contributed by atoms with Gasteiger partial charge in [-0.2, -0.15) is 0 Å². The summed E-state index contributed by atoms with van der Waals surface area (Å²) in [7, 11) is 1.67. The predicted molar refractivity (Wildman–Crippen MR) is 71.5 cm³/mol. The monoisotopic (exact) mass is 247 g/mol. The van der Waals surface area contributed by atoms with Crippen molar-refractivity contribution in [1.29, 1.82) is 0 Å². The van der Waals surface area contributed by atoms with Crippen LogP contribution in [0.15, 0.2) is 29.3 Å². The summed E-state index contributed by atoms with van der Waals surface area (Å²) >= 11 is 0. The number of nitrogens with two attached hydrogens (primary N) is 1. The third-order valence-corrected chi connectivity index (χ3v) is 2.85. The fourth-order valence-electron chi connectivity index (χ4n) is 1.86. The number of fused-ring (bicyclic) bond motifs is 1. The van der Waals surface area contributed by atoms with Gasteiger partial charge in [0.2, 0.25) is 0 Å². The van der Waals surface area contributed by atoms with E-state index in [1.54, 1.807) is 36.2 Å². The molecule has 0 amide bonds. The smallest absolute Gasteiger partial charge is 0.261 e. The minimum atomic E-state index is -0.0373. The minimum Gasteiger partial charge on any atom is -0.399 e. The molecule has 2 aromatic rings. The van der Waals surface area contributed by atoms with Crippen molar-refractivity contribution in [3.63, 3.8) is 0 Å². The van der Waals surface area contributed by atoms with Gasteiger partial charge < -0.3 is 10.5 Å². The Hall–Kier alpha value is -1.88. The van der Waals surface area contributed by atoms with Crippen LogP contribution in [0.5, 0.6) is 0 Å². The quantitative estimate of drug-likeness (QED) is 0.640. The summed E-state index contributed by atoms with van der Waals surface area (Å²) in [5, 5.41) is 0.573. The van der Waals surface area contributed by atoms with Gasteiger partial charge in [0.05, 0.1) is 17.2 Å². The average Bonchev–Trinajstić information content (AvgIpc) is 2.38. The van der Waals surface area contributed by atoms with E-state index in [-0.39, 0.29) is 5.56 Å². The summed E-state index contributed by atoms with van der Waals surface area (Å²) in [5.41, 5.74) is 6.92. The summed E-state index contributed by atoms with van der Waals surface area (Å²) < 4.78 is 6.60. The van der Waals surface area contributed by atoms with E-state index in [0.29, 0.717) is 29.7 Å². The Bertz CT molecular complexity index is 592. The van der Waals surface area contributed by atoms with E-state index in [2.05, 4.69) is 4.98 Å². The van der Waals surface area contributed by atoms with Gasteiger partial charge in [-0.3, -0.25) is 9.36 Å². The van der Waals surface area contributed by atoms with Crippen LogP contribution in [0.1, 0.15) is 12.8 Å². The summed E-state index contributed by atoms with van der Waals surface area (Å²) in [6, 6.07) is 5.19. The van der Waals surface area contributed by atoms with E-state index in [9.17, 15) is 4.79 Å². The number of hydrogen-bond acceptors (Lipinski definition) is 4. The fourth-order valence-corrected chi connectivity index (χ4v) is 1.86. The van der Waals surface area contributed by atoms with Gasteiger partial charge >= 0.3 is 0 Å².